The molecule has 17 nitrogen and oxygen atoms in total. The second-order valence-corrected chi connectivity index (χ2v) is 23.6. The molecule has 15 rings (SSSR count). The van der Waals surface area contributed by atoms with Crippen molar-refractivity contribution in [1.82, 2.24) is 19.8 Å². The molecule has 9 aromatic rings. The van der Waals surface area contributed by atoms with Gasteiger partial charge < -0.3 is 58.2 Å². The van der Waals surface area contributed by atoms with Crippen LogP contribution in [0.1, 0.15) is 16.7 Å². The molecule has 474 valence electrons. The Kier molecular flexibility index (Phi) is 18.8. The Morgan fingerprint density at radius 1 is 0.391 bits per heavy atom. The summed E-state index contributed by atoms with van der Waals surface area (Å²) in [5.41, 5.74) is 11.6. The summed E-state index contributed by atoms with van der Waals surface area (Å²) in [5, 5.41) is 25.6. The van der Waals surface area contributed by atoms with Gasteiger partial charge in [-0.25, -0.2) is 13.2 Å². The van der Waals surface area contributed by atoms with Crippen LogP contribution in [0.15, 0.2) is 183 Å². The molecule has 6 aromatic carbocycles. The molecule has 0 bridgehead atoms. The second kappa shape index (κ2) is 28.3. The van der Waals surface area contributed by atoms with Crippen LogP contribution in [-0.4, -0.2) is 143 Å². The first-order valence-electron chi connectivity index (χ1n) is 31.3. The van der Waals surface area contributed by atoms with Gasteiger partial charge in [-0.2, -0.15) is 4.73 Å². The summed E-state index contributed by atoms with van der Waals surface area (Å²) in [6.45, 7) is 14.9. The number of nitrogens with zero attached hydrogens (tertiary/aromatic N) is 9. The highest BCUT2D eigenvalue weighted by Crippen LogP contribution is 2.43. The van der Waals surface area contributed by atoms with E-state index >= 15 is 0 Å². The van der Waals surface area contributed by atoms with E-state index in [1.165, 1.54) is 48.2 Å². The number of piperazine rings is 3. The number of hydrogen-bond donors (Lipinski definition) is 0. The summed E-state index contributed by atoms with van der Waals surface area (Å²) in [6.07, 6.45) is 10.4. The van der Waals surface area contributed by atoms with Crippen molar-refractivity contribution in [2.75, 3.05) is 133 Å². The van der Waals surface area contributed by atoms with E-state index in [1.807, 2.05) is 67.0 Å². The summed E-state index contributed by atoms with van der Waals surface area (Å²) in [5.74, 6) is 4.11. The van der Waals surface area contributed by atoms with Crippen LogP contribution in [0.4, 0.5) is 30.2 Å². The van der Waals surface area contributed by atoms with Crippen molar-refractivity contribution in [3.05, 3.63) is 227 Å². The van der Waals surface area contributed by atoms with Crippen molar-refractivity contribution in [3.8, 4) is 67.9 Å². The molecule has 6 aliphatic rings. The fraction of sp³-hybridized carbons (Fsp3) is 0.292. The van der Waals surface area contributed by atoms with Gasteiger partial charge in [0.15, 0.2) is 46.9 Å². The molecular formula is C72H72F3N9O8. The molecule has 0 radical (unpaired) electrons. The van der Waals surface area contributed by atoms with Gasteiger partial charge in [0.2, 0.25) is 0 Å². The molecule has 20 heteroatoms. The lowest BCUT2D eigenvalue weighted by Crippen LogP contribution is -2.55. The zero-order valence-corrected chi connectivity index (χ0v) is 51.1. The molecule has 9 heterocycles. The number of anilines is 3. The Labute approximate surface area is 533 Å². The van der Waals surface area contributed by atoms with Gasteiger partial charge in [-0.15, -0.1) is 0 Å². The molecule has 0 atom stereocenters. The Hall–Kier alpha value is -9.60. The SMILES string of the molecule is Fc1ccc(-c2cncc(CN3CCN(c4cccc5c4OCCO5)CC3)c2)cc1.[O-][N+]1(Cc2cncc(-c3ccc(F)cc3)c2)CCN(c2cccc3c2OCCO3)CC1.[O-][n+]1cc(CN2CCN(c3cccc4c3OCCO4)CC2)cc(-c2ccc(F)cc2)c1. The highest BCUT2D eigenvalue weighted by molar-refractivity contribution is 5.69. The monoisotopic (exact) mass is 1250 g/mol. The maximum absolute atomic E-state index is 13.4. The van der Waals surface area contributed by atoms with Crippen molar-refractivity contribution in [3.63, 3.8) is 0 Å². The number of hydroxylamine groups is 3. The third kappa shape index (κ3) is 14.9. The van der Waals surface area contributed by atoms with Crippen LogP contribution in [0.2, 0.25) is 0 Å². The first kappa shape index (κ1) is 61.3. The number of aromatic nitrogens is 3. The predicted molar refractivity (Wildman–Crippen MR) is 347 cm³/mol. The van der Waals surface area contributed by atoms with E-state index < -0.39 is 0 Å². The van der Waals surface area contributed by atoms with Gasteiger partial charge in [0.25, 0.3) is 0 Å². The average Bonchev–Trinajstić information content (AvgIpc) is 1.01. The lowest BCUT2D eigenvalue weighted by atomic mass is 10.1. The first-order chi connectivity index (χ1) is 45.0. The van der Waals surface area contributed by atoms with Crippen LogP contribution in [-0.2, 0) is 19.6 Å². The van der Waals surface area contributed by atoms with E-state index in [-0.39, 0.29) is 22.1 Å². The van der Waals surface area contributed by atoms with Crippen molar-refractivity contribution >= 4 is 17.1 Å². The topological polar surface area (TPSA) is 147 Å². The van der Waals surface area contributed by atoms with E-state index in [9.17, 15) is 23.6 Å². The van der Waals surface area contributed by atoms with Crippen molar-refractivity contribution in [2.24, 2.45) is 0 Å². The standard InChI is InChI=1S/2C24H24FN3O3.C24H24FN3O2/c25-21-6-4-19(5-7-21)20-14-18(15-26-16-20)17-28(29)10-8-27(9-11-28)22-2-1-3-23-24(22)31-13-12-30-23;25-21-6-4-19(5-7-21)20-14-18(16-28(29)17-20)15-26-8-10-27(11-9-26)22-2-1-3-23-24(22)31-13-12-30-23;25-21-6-4-19(5-7-21)20-14-18(15-26-16-20)17-27-8-10-28(11-9-27)22-2-1-3-23-24(22)30-13-12-29-23/h1-7,14-16H,8-13,17H2;1-7,14,16-17H,8-13,15H2;1-7,14-16H,8-13,17H2. The third-order valence-electron chi connectivity index (χ3n) is 17.3. The Bertz CT molecular complexity index is 3960. The van der Waals surface area contributed by atoms with Crippen LogP contribution in [0, 0.1) is 27.9 Å². The maximum Gasteiger partial charge on any atom is 0.188 e. The lowest BCUT2D eigenvalue weighted by molar-refractivity contribution is -0.894. The molecule has 0 saturated carbocycles. The quantitative estimate of drug-likeness (QED) is 0.0649. The Balaban J connectivity index is 0.000000126. The van der Waals surface area contributed by atoms with Crippen molar-refractivity contribution in [2.45, 2.75) is 19.6 Å². The van der Waals surface area contributed by atoms with E-state index in [4.69, 9.17) is 28.4 Å². The number of hydrogen-bond acceptors (Lipinski definition) is 15. The molecule has 0 N–H and O–H groups in total. The maximum atomic E-state index is 13.4. The summed E-state index contributed by atoms with van der Waals surface area (Å²) in [6, 6.07) is 43.2. The number of benzene rings is 6. The fourth-order valence-electron chi connectivity index (χ4n) is 12.5. The fourth-order valence-corrected chi connectivity index (χ4v) is 12.5. The predicted octanol–water partition coefficient (Wildman–Crippen LogP) is 11.2. The van der Waals surface area contributed by atoms with E-state index in [1.54, 1.807) is 55.0 Å². The molecule has 3 saturated heterocycles. The number of quaternary nitrogens is 1. The van der Waals surface area contributed by atoms with Gasteiger partial charge in [-0.3, -0.25) is 19.8 Å². The number of halogens is 3. The second-order valence-electron chi connectivity index (χ2n) is 23.6. The number of para-hydroxylation sites is 3. The molecule has 92 heavy (non-hydrogen) atoms. The molecule has 6 aliphatic heterocycles. The summed E-state index contributed by atoms with van der Waals surface area (Å²) < 4.78 is 74.9. The van der Waals surface area contributed by atoms with Crippen molar-refractivity contribution < 1.29 is 51.0 Å². The van der Waals surface area contributed by atoms with E-state index in [2.05, 4.69) is 52.7 Å². The molecular weight excluding hydrogens is 1180 g/mol. The summed E-state index contributed by atoms with van der Waals surface area (Å²) in [7, 11) is 0. The minimum Gasteiger partial charge on any atom is -0.632 e. The smallest absolute Gasteiger partial charge is 0.188 e. The molecule has 0 amide bonds. The highest BCUT2D eigenvalue weighted by Gasteiger charge is 2.31. The highest BCUT2D eigenvalue weighted by atomic mass is 19.1. The molecule has 0 aliphatic carbocycles. The van der Waals surface area contributed by atoms with Crippen LogP contribution in [0.25, 0.3) is 33.4 Å². The minimum atomic E-state index is -0.294. The number of pyridine rings is 3. The number of fused-ring (bicyclic) bond motifs is 3. The van der Waals surface area contributed by atoms with Crippen LogP contribution >= 0.6 is 0 Å². The normalized spacial score (nSPS) is 16.8. The Morgan fingerprint density at radius 3 is 1.21 bits per heavy atom. The zero-order valence-electron chi connectivity index (χ0n) is 51.1. The van der Waals surface area contributed by atoms with Crippen molar-refractivity contribution in [1.29, 1.82) is 0 Å². The van der Waals surface area contributed by atoms with Gasteiger partial charge in [0.1, 0.15) is 63.6 Å². The third-order valence-corrected chi connectivity index (χ3v) is 17.3. The molecule has 0 unspecified atom stereocenters. The molecule has 3 fully saturated rings. The van der Waals surface area contributed by atoms with Gasteiger partial charge in [-0.1, -0.05) is 54.6 Å². The van der Waals surface area contributed by atoms with Gasteiger partial charge >= 0.3 is 0 Å². The lowest BCUT2D eigenvalue weighted by Gasteiger charge is -2.49. The van der Waals surface area contributed by atoms with Gasteiger partial charge in [0, 0.05) is 118 Å². The minimum absolute atomic E-state index is 0.225. The largest absolute Gasteiger partial charge is 0.632 e. The van der Waals surface area contributed by atoms with Crippen LogP contribution in [0.5, 0.6) is 34.5 Å². The Morgan fingerprint density at radius 2 is 0.761 bits per heavy atom. The van der Waals surface area contributed by atoms with Crippen LogP contribution in [0.3, 0.4) is 0 Å². The van der Waals surface area contributed by atoms with Gasteiger partial charge in [-0.05, 0) is 113 Å². The summed E-state index contributed by atoms with van der Waals surface area (Å²) >= 11 is 0. The van der Waals surface area contributed by atoms with E-state index in [0.29, 0.717) is 78.9 Å². The molecule has 3 aromatic heterocycles. The first-order valence-corrected chi connectivity index (χ1v) is 31.3. The number of rotatable bonds is 12. The van der Waals surface area contributed by atoms with Gasteiger partial charge in [0.05, 0.1) is 43.2 Å². The zero-order chi connectivity index (χ0) is 62.8. The summed E-state index contributed by atoms with van der Waals surface area (Å²) in [4.78, 5) is 20.4. The van der Waals surface area contributed by atoms with Crippen LogP contribution < -0.4 is 47.9 Å². The number of ether oxygens (including phenoxy) is 6. The van der Waals surface area contributed by atoms with E-state index in [0.717, 1.165) is 160 Å². The molecule has 0 spiro atoms. The average molecular weight is 1250 g/mol.